The highest BCUT2D eigenvalue weighted by molar-refractivity contribution is 4.73. The first-order valence-electron chi connectivity index (χ1n) is 6.37. The molecule has 0 aromatic carbocycles. The van der Waals surface area contributed by atoms with Crippen LogP contribution in [0.15, 0.2) is 0 Å². The smallest absolute Gasteiger partial charge is 0.0791 e. The van der Waals surface area contributed by atoms with Crippen LogP contribution in [0.2, 0.25) is 0 Å². The van der Waals surface area contributed by atoms with Crippen LogP contribution in [-0.2, 0) is 0 Å². The Balaban J connectivity index is 2.07. The molecule has 0 aromatic rings. The van der Waals surface area contributed by atoms with Gasteiger partial charge in [0.05, 0.1) is 6.10 Å². The zero-order valence-corrected chi connectivity index (χ0v) is 10.9. The van der Waals surface area contributed by atoms with Crippen molar-refractivity contribution < 1.29 is 5.11 Å². The standard InChI is InChI=1S/C12H27N3O/c1-11(2)8-13-9-12(16)10-15-6-4-14(3)5-7-15/h11-13,16H,4-10H2,1-3H3. The third-order valence-electron chi connectivity index (χ3n) is 3.00. The van der Waals surface area contributed by atoms with Gasteiger partial charge in [-0.05, 0) is 19.5 Å². The van der Waals surface area contributed by atoms with E-state index in [1.165, 1.54) is 0 Å². The molecule has 1 unspecified atom stereocenters. The van der Waals surface area contributed by atoms with Crippen molar-refractivity contribution >= 4 is 0 Å². The Kier molecular flexibility index (Phi) is 6.28. The lowest BCUT2D eigenvalue weighted by Crippen LogP contribution is -2.48. The first-order valence-corrected chi connectivity index (χ1v) is 6.37. The lowest BCUT2D eigenvalue weighted by molar-refractivity contribution is 0.0799. The summed E-state index contributed by atoms with van der Waals surface area (Å²) in [6, 6.07) is 0. The van der Waals surface area contributed by atoms with Crippen molar-refractivity contribution in [3.8, 4) is 0 Å². The number of likely N-dealkylation sites (N-methyl/N-ethyl adjacent to an activating group) is 1. The Bertz CT molecular complexity index is 179. The molecule has 1 rings (SSSR count). The second-order valence-electron chi connectivity index (χ2n) is 5.31. The van der Waals surface area contributed by atoms with E-state index in [0.717, 1.165) is 39.3 Å². The minimum Gasteiger partial charge on any atom is -0.390 e. The normalized spacial score (nSPS) is 21.6. The minimum absolute atomic E-state index is 0.234. The van der Waals surface area contributed by atoms with Gasteiger partial charge in [0.15, 0.2) is 0 Å². The molecule has 4 heteroatoms. The number of hydrogen-bond donors (Lipinski definition) is 2. The predicted octanol–water partition coefficient (Wildman–Crippen LogP) is -0.160. The van der Waals surface area contributed by atoms with Gasteiger partial charge in [0, 0.05) is 39.3 Å². The molecule has 16 heavy (non-hydrogen) atoms. The highest BCUT2D eigenvalue weighted by Gasteiger charge is 2.16. The molecule has 2 N–H and O–H groups in total. The molecule has 0 spiro atoms. The predicted molar refractivity (Wildman–Crippen MR) is 67.7 cm³/mol. The maximum Gasteiger partial charge on any atom is 0.0791 e. The highest BCUT2D eigenvalue weighted by Crippen LogP contribution is 2.00. The molecule has 96 valence electrons. The second-order valence-corrected chi connectivity index (χ2v) is 5.31. The first kappa shape index (κ1) is 13.9. The van der Waals surface area contributed by atoms with E-state index >= 15 is 0 Å². The molecule has 1 aliphatic heterocycles. The van der Waals surface area contributed by atoms with Gasteiger partial charge in [-0.15, -0.1) is 0 Å². The highest BCUT2D eigenvalue weighted by atomic mass is 16.3. The average Bonchev–Trinajstić information content (AvgIpc) is 2.21. The number of aliphatic hydroxyl groups excluding tert-OH is 1. The minimum atomic E-state index is -0.234. The molecule has 4 nitrogen and oxygen atoms in total. The fourth-order valence-corrected chi connectivity index (χ4v) is 1.93. The molecule has 0 saturated carbocycles. The van der Waals surface area contributed by atoms with Gasteiger partial charge in [0.25, 0.3) is 0 Å². The Morgan fingerprint density at radius 1 is 1.12 bits per heavy atom. The van der Waals surface area contributed by atoms with Crippen LogP contribution in [0.1, 0.15) is 13.8 Å². The third kappa shape index (κ3) is 5.80. The summed E-state index contributed by atoms with van der Waals surface area (Å²) in [5.74, 6) is 0.649. The zero-order valence-electron chi connectivity index (χ0n) is 10.9. The molecule has 0 aromatic heterocycles. The van der Waals surface area contributed by atoms with Gasteiger partial charge in [-0.1, -0.05) is 13.8 Å². The summed E-state index contributed by atoms with van der Waals surface area (Å²) in [5, 5.41) is 13.2. The summed E-state index contributed by atoms with van der Waals surface area (Å²) in [4.78, 5) is 4.68. The molecule has 0 radical (unpaired) electrons. The van der Waals surface area contributed by atoms with E-state index in [0.29, 0.717) is 12.5 Å². The number of β-amino-alcohol motifs (C(OH)–C–C–N with tert-alkyl or cyclic N) is 1. The molecule has 1 aliphatic rings. The van der Waals surface area contributed by atoms with Gasteiger partial charge < -0.3 is 15.3 Å². The van der Waals surface area contributed by atoms with E-state index in [9.17, 15) is 5.11 Å². The molecule has 1 atom stereocenters. The Morgan fingerprint density at radius 2 is 1.75 bits per heavy atom. The van der Waals surface area contributed by atoms with Gasteiger partial charge in [-0.3, -0.25) is 4.90 Å². The number of nitrogens with one attached hydrogen (secondary N) is 1. The van der Waals surface area contributed by atoms with E-state index < -0.39 is 0 Å². The maximum atomic E-state index is 9.86. The van der Waals surface area contributed by atoms with Crippen LogP contribution in [0.25, 0.3) is 0 Å². The van der Waals surface area contributed by atoms with Crippen LogP contribution >= 0.6 is 0 Å². The van der Waals surface area contributed by atoms with Gasteiger partial charge in [0.2, 0.25) is 0 Å². The van der Waals surface area contributed by atoms with Crippen molar-refractivity contribution in [3.63, 3.8) is 0 Å². The number of aliphatic hydroxyl groups is 1. The molecule has 0 bridgehead atoms. The fraction of sp³-hybridized carbons (Fsp3) is 1.00. The number of nitrogens with zero attached hydrogens (tertiary/aromatic N) is 2. The van der Waals surface area contributed by atoms with Crippen molar-refractivity contribution in [2.75, 3.05) is 52.9 Å². The number of piperazine rings is 1. The Hall–Kier alpha value is -0.160. The molecule has 0 amide bonds. The van der Waals surface area contributed by atoms with Gasteiger partial charge >= 0.3 is 0 Å². The van der Waals surface area contributed by atoms with E-state index in [2.05, 4.69) is 36.0 Å². The molecular formula is C12H27N3O. The monoisotopic (exact) mass is 229 g/mol. The quantitative estimate of drug-likeness (QED) is 0.664. The molecule has 1 heterocycles. The first-order chi connectivity index (χ1) is 7.58. The van der Waals surface area contributed by atoms with Crippen molar-refractivity contribution in [2.45, 2.75) is 20.0 Å². The Morgan fingerprint density at radius 3 is 2.31 bits per heavy atom. The summed E-state index contributed by atoms with van der Waals surface area (Å²) in [6.45, 7) is 11.3. The molecule has 1 fully saturated rings. The largest absolute Gasteiger partial charge is 0.390 e. The SMILES string of the molecule is CC(C)CNCC(O)CN1CCN(C)CC1. The Labute approximate surface area is 99.6 Å². The van der Waals surface area contributed by atoms with Crippen LogP contribution in [0.5, 0.6) is 0 Å². The second kappa shape index (κ2) is 7.22. The molecular weight excluding hydrogens is 202 g/mol. The lowest BCUT2D eigenvalue weighted by Gasteiger charge is -2.33. The maximum absolute atomic E-state index is 9.86. The summed E-state index contributed by atoms with van der Waals surface area (Å²) in [5.41, 5.74) is 0. The van der Waals surface area contributed by atoms with Gasteiger partial charge in [0.1, 0.15) is 0 Å². The van der Waals surface area contributed by atoms with Crippen LogP contribution in [-0.4, -0.2) is 73.9 Å². The third-order valence-corrected chi connectivity index (χ3v) is 3.00. The molecule has 1 saturated heterocycles. The number of hydrogen-bond acceptors (Lipinski definition) is 4. The number of rotatable bonds is 6. The van der Waals surface area contributed by atoms with Gasteiger partial charge in [-0.25, -0.2) is 0 Å². The van der Waals surface area contributed by atoms with E-state index in [-0.39, 0.29) is 6.10 Å². The summed E-state index contributed by atoms with van der Waals surface area (Å²) in [6.07, 6.45) is -0.234. The molecule has 0 aliphatic carbocycles. The van der Waals surface area contributed by atoms with Crippen molar-refractivity contribution in [3.05, 3.63) is 0 Å². The van der Waals surface area contributed by atoms with Crippen molar-refractivity contribution in [2.24, 2.45) is 5.92 Å². The zero-order chi connectivity index (χ0) is 12.0. The average molecular weight is 229 g/mol. The van der Waals surface area contributed by atoms with E-state index in [4.69, 9.17) is 0 Å². The van der Waals surface area contributed by atoms with Crippen molar-refractivity contribution in [1.29, 1.82) is 0 Å². The van der Waals surface area contributed by atoms with Crippen LogP contribution in [0, 0.1) is 5.92 Å². The van der Waals surface area contributed by atoms with Crippen molar-refractivity contribution in [1.82, 2.24) is 15.1 Å². The summed E-state index contributed by atoms with van der Waals surface area (Å²) in [7, 11) is 2.15. The van der Waals surface area contributed by atoms with E-state index in [1.807, 2.05) is 0 Å². The summed E-state index contributed by atoms with van der Waals surface area (Å²) >= 11 is 0. The fourth-order valence-electron chi connectivity index (χ4n) is 1.93. The topological polar surface area (TPSA) is 38.7 Å². The van der Waals surface area contributed by atoms with Crippen LogP contribution in [0.3, 0.4) is 0 Å². The van der Waals surface area contributed by atoms with Crippen LogP contribution < -0.4 is 5.32 Å². The van der Waals surface area contributed by atoms with Crippen LogP contribution in [0.4, 0.5) is 0 Å². The summed E-state index contributed by atoms with van der Waals surface area (Å²) < 4.78 is 0. The lowest BCUT2D eigenvalue weighted by atomic mass is 10.2. The van der Waals surface area contributed by atoms with Gasteiger partial charge in [-0.2, -0.15) is 0 Å². The van der Waals surface area contributed by atoms with E-state index in [1.54, 1.807) is 0 Å².